The SMILES string of the molecule is O=C(Cc1ccccc1C(=O)O)NCc1ccccc1. The first-order chi connectivity index (χ1) is 9.66. The molecule has 0 unspecified atom stereocenters. The van der Waals surface area contributed by atoms with Gasteiger partial charge in [-0.05, 0) is 17.2 Å². The molecule has 1 amide bonds. The molecule has 0 fully saturated rings. The number of nitrogens with one attached hydrogen (secondary N) is 1. The standard InChI is InChI=1S/C16H15NO3/c18-15(17-11-12-6-2-1-3-7-12)10-13-8-4-5-9-14(13)16(19)20/h1-9H,10-11H2,(H,17,18)(H,19,20). The molecule has 0 aliphatic heterocycles. The maximum atomic E-state index is 11.9. The van der Waals surface area contributed by atoms with Gasteiger partial charge in [-0.2, -0.15) is 0 Å². The minimum atomic E-state index is -1.02. The fourth-order valence-corrected chi connectivity index (χ4v) is 1.92. The highest BCUT2D eigenvalue weighted by atomic mass is 16.4. The second kappa shape index (κ2) is 6.52. The summed E-state index contributed by atoms with van der Waals surface area (Å²) >= 11 is 0. The van der Waals surface area contributed by atoms with Crippen molar-refractivity contribution in [1.82, 2.24) is 5.32 Å². The molecule has 2 aromatic carbocycles. The van der Waals surface area contributed by atoms with Crippen molar-refractivity contribution >= 4 is 11.9 Å². The normalized spacial score (nSPS) is 10.0. The van der Waals surface area contributed by atoms with Gasteiger partial charge >= 0.3 is 5.97 Å². The molecule has 0 saturated heterocycles. The van der Waals surface area contributed by atoms with Crippen LogP contribution in [0.4, 0.5) is 0 Å². The van der Waals surface area contributed by atoms with Crippen LogP contribution in [0.15, 0.2) is 54.6 Å². The van der Waals surface area contributed by atoms with Gasteiger partial charge in [0.05, 0.1) is 12.0 Å². The molecule has 0 bridgehead atoms. The summed E-state index contributed by atoms with van der Waals surface area (Å²) in [6, 6.07) is 16.1. The predicted octanol–water partition coefficient (Wildman–Crippen LogP) is 2.24. The van der Waals surface area contributed by atoms with E-state index in [0.717, 1.165) is 5.56 Å². The molecule has 4 nitrogen and oxygen atoms in total. The average Bonchev–Trinajstić information content (AvgIpc) is 2.46. The quantitative estimate of drug-likeness (QED) is 0.874. The summed E-state index contributed by atoms with van der Waals surface area (Å²) in [4.78, 5) is 22.9. The molecule has 2 rings (SSSR count). The number of aromatic carboxylic acids is 1. The Hall–Kier alpha value is -2.62. The topological polar surface area (TPSA) is 66.4 Å². The third kappa shape index (κ3) is 3.68. The average molecular weight is 269 g/mol. The summed E-state index contributed by atoms with van der Waals surface area (Å²) in [5.41, 5.74) is 1.69. The Bertz CT molecular complexity index is 608. The molecule has 4 heteroatoms. The molecular weight excluding hydrogens is 254 g/mol. The Kier molecular flexibility index (Phi) is 4.50. The first-order valence-electron chi connectivity index (χ1n) is 6.28. The van der Waals surface area contributed by atoms with Crippen molar-refractivity contribution in [3.05, 3.63) is 71.3 Å². The molecule has 2 aromatic rings. The lowest BCUT2D eigenvalue weighted by Gasteiger charge is -2.07. The van der Waals surface area contributed by atoms with E-state index in [1.54, 1.807) is 18.2 Å². The van der Waals surface area contributed by atoms with Gasteiger partial charge in [0.2, 0.25) is 5.91 Å². The van der Waals surface area contributed by atoms with Crippen LogP contribution in [-0.2, 0) is 17.8 Å². The summed E-state index contributed by atoms with van der Waals surface area (Å²) in [6.45, 7) is 0.439. The van der Waals surface area contributed by atoms with Crippen LogP contribution in [0, 0.1) is 0 Å². The van der Waals surface area contributed by atoms with Crippen LogP contribution in [0.3, 0.4) is 0 Å². The van der Waals surface area contributed by atoms with E-state index in [9.17, 15) is 9.59 Å². The van der Waals surface area contributed by atoms with E-state index in [2.05, 4.69) is 5.32 Å². The molecular formula is C16H15NO3. The van der Waals surface area contributed by atoms with Crippen molar-refractivity contribution in [3.63, 3.8) is 0 Å². The molecule has 0 radical (unpaired) electrons. The van der Waals surface area contributed by atoms with Gasteiger partial charge in [-0.15, -0.1) is 0 Å². The second-order valence-corrected chi connectivity index (χ2v) is 4.40. The molecule has 2 N–H and O–H groups in total. The van der Waals surface area contributed by atoms with Crippen LogP contribution in [0.1, 0.15) is 21.5 Å². The van der Waals surface area contributed by atoms with Crippen molar-refractivity contribution < 1.29 is 14.7 Å². The van der Waals surface area contributed by atoms with E-state index in [1.165, 1.54) is 6.07 Å². The summed E-state index contributed by atoms with van der Waals surface area (Å²) < 4.78 is 0. The maximum Gasteiger partial charge on any atom is 0.335 e. The van der Waals surface area contributed by atoms with Crippen LogP contribution in [0.2, 0.25) is 0 Å². The lowest BCUT2D eigenvalue weighted by Crippen LogP contribution is -2.25. The third-order valence-electron chi connectivity index (χ3n) is 2.93. The molecule has 0 atom stereocenters. The van der Waals surface area contributed by atoms with Crippen LogP contribution in [0.5, 0.6) is 0 Å². The van der Waals surface area contributed by atoms with Crippen molar-refractivity contribution in [2.45, 2.75) is 13.0 Å². The lowest BCUT2D eigenvalue weighted by atomic mass is 10.0. The van der Waals surface area contributed by atoms with E-state index in [4.69, 9.17) is 5.11 Å². The van der Waals surface area contributed by atoms with Gasteiger partial charge < -0.3 is 10.4 Å². The smallest absolute Gasteiger partial charge is 0.335 e. The lowest BCUT2D eigenvalue weighted by molar-refractivity contribution is -0.120. The van der Waals surface area contributed by atoms with Gasteiger partial charge in [-0.25, -0.2) is 4.79 Å². The number of rotatable bonds is 5. The number of hydrogen-bond donors (Lipinski definition) is 2. The first kappa shape index (κ1) is 13.8. The Morgan fingerprint density at radius 1 is 0.950 bits per heavy atom. The fraction of sp³-hybridized carbons (Fsp3) is 0.125. The molecule has 0 spiro atoms. The Morgan fingerprint density at radius 3 is 2.30 bits per heavy atom. The number of hydrogen-bond acceptors (Lipinski definition) is 2. The Balaban J connectivity index is 1.97. The number of carbonyl (C=O) groups is 2. The van der Waals surface area contributed by atoms with Crippen molar-refractivity contribution in [3.8, 4) is 0 Å². The Labute approximate surface area is 117 Å². The van der Waals surface area contributed by atoms with Crippen LogP contribution >= 0.6 is 0 Å². The fourth-order valence-electron chi connectivity index (χ4n) is 1.92. The van der Waals surface area contributed by atoms with E-state index in [0.29, 0.717) is 12.1 Å². The summed E-state index contributed by atoms with van der Waals surface area (Å²) in [5, 5.41) is 11.8. The zero-order chi connectivity index (χ0) is 14.4. The molecule has 102 valence electrons. The molecule has 0 heterocycles. The molecule has 0 aliphatic rings. The Morgan fingerprint density at radius 2 is 1.60 bits per heavy atom. The summed E-state index contributed by atoms with van der Waals surface area (Å²) in [7, 11) is 0. The molecule has 0 aliphatic carbocycles. The van der Waals surface area contributed by atoms with Crippen LogP contribution in [0.25, 0.3) is 0 Å². The van der Waals surface area contributed by atoms with Gasteiger partial charge in [0.25, 0.3) is 0 Å². The molecule has 20 heavy (non-hydrogen) atoms. The third-order valence-corrected chi connectivity index (χ3v) is 2.93. The van der Waals surface area contributed by atoms with Gasteiger partial charge in [-0.3, -0.25) is 4.79 Å². The highest BCUT2D eigenvalue weighted by Crippen LogP contribution is 2.09. The minimum Gasteiger partial charge on any atom is -0.478 e. The molecule has 0 saturated carbocycles. The summed E-state index contributed by atoms with van der Waals surface area (Å²) in [6.07, 6.45) is 0.0648. The van der Waals surface area contributed by atoms with E-state index < -0.39 is 5.97 Å². The highest BCUT2D eigenvalue weighted by Gasteiger charge is 2.12. The van der Waals surface area contributed by atoms with Crippen molar-refractivity contribution in [2.75, 3.05) is 0 Å². The van der Waals surface area contributed by atoms with E-state index in [-0.39, 0.29) is 17.9 Å². The maximum absolute atomic E-state index is 11.9. The second-order valence-electron chi connectivity index (χ2n) is 4.40. The number of amides is 1. The summed E-state index contributed by atoms with van der Waals surface area (Å²) in [5.74, 6) is -1.21. The van der Waals surface area contributed by atoms with Gasteiger partial charge in [-0.1, -0.05) is 48.5 Å². The van der Waals surface area contributed by atoms with Crippen molar-refractivity contribution in [1.29, 1.82) is 0 Å². The monoisotopic (exact) mass is 269 g/mol. The zero-order valence-corrected chi connectivity index (χ0v) is 10.9. The largest absolute Gasteiger partial charge is 0.478 e. The number of benzene rings is 2. The van der Waals surface area contributed by atoms with Gasteiger partial charge in [0.15, 0.2) is 0 Å². The van der Waals surface area contributed by atoms with Crippen LogP contribution < -0.4 is 5.32 Å². The van der Waals surface area contributed by atoms with Crippen LogP contribution in [-0.4, -0.2) is 17.0 Å². The molecule has 0 aromatic heterocycles. The minimum absolute atomic E-state index is 0.0648. The van der Waals surface area contributed by atoms with E-state index in [1.807, 2.05) is 30.3 Å². The number of carboxylic acid groups (broad SMARTS) is 1. The zero-order valence-electron chi connectivity index (χ0n) is 10.9. The number of carbonyl (C=O) groups excluding carboxylic acids is 1. The van der Waals surface area contributed by atoms with Crippen molar-refractivity contribution in [2.24, 2.45) is 0 Å². The number of carboxylic acids is 1. The van der Waals surface area contributed by atoms with E-state index >= 15 is 0 Å². The van der Waals surface area contributed by atoms with Gasteiger partial charge in [0, 0.05) is 6.54 Å². The highest BCUT2D eigenvalue weighted by molar-refractivity contribution is 5.91. The van der Waals surface area contributed by atoms with Gasteiger partial charge in [0.1, 0.15) is 0 Å². The predicted molar refractivity (Wildman–Crippen MR) is 75.4 cm³/mol. The first-order valence-corrected chi connectivity index (χ1v) is 6.28.